The van der Waals surface area contributed by atoms with Crippen LogP contribution in [0.25, 0.3) is 6.08 Å². The van der Waals surface area contributed by atoms with Crippen LogP contribution in [0.4, 0.5) is 0 Å². The number of halogens is 2. The Balaban J connectivity index is 3.24. The standard InChI is InChI=1S/C10H7Br2NO4/c1-6(14)17-10-7(2-3-13(15)16)4-8(11)5-9(10)12/h2-5H,1H3. The number of hydrogen-bond acceptors (Lipinski definition) is 4. The van der Waals surface area contributed by atoms with E-state index in [0.717, 1.165) is 6.20 Å². The van der Waals surface area contributed by atoms with Gasteiger partial charge in [-0.15, -0.1) is 0 Å². The van der Waals surface area contributed by atoms with Gasteiger partial charge in [0.1, 0.15) is 0 Å². The lowest BCUT2D eigenvalue weighted by Gasteiger charge is -2.08. The van der Waals surface area contributed by atoms with Crippen molar-refractivity contribution in [2.75, 3.05) is 0 Å². The average Bonchev–Trinajstić information content (AvgIpc) is 2.18. The normalized spacial score (nSPS) is 10.5. The van der Waals surface area contributed by atoms with Crippen molar-refractivity contribution in [1.29, 1.82) is 0 Å². The van der Waals surface area contributed by atoms with Crippen molar-refractivity contribution in [3.05, 3.63) is 43.0 Å². The molecule has 0 bridgehead atoms. The number of carbonyl (C=O) groups is 1. The molecule has 0 aliphatic carbocycles. The van der Waals surface area contributed by atoms with Crippen molar-refractivity contribution < 1.29 is 14.5 Å². The summed E-state index contributed by atoms with van der Waals surface area (Å²) in [7, 11) is 0. The zero-order valence-corrected chi connectivity index (χ0v) is 11.8. The van der Waals surface area contributed by atoms with E-state index in [-0.39, 0.29) is 5.75 Å². The lowest BCUT2D eigenvalue weighted by Crippen LogP contribution is -2.03. The van der Waals surface area contributed by atoms with Crippen molar-refractivity contribution >= 4 is 43.9 Å². The van der Waals surface area contributed by atoms with E-state index in [9.17, 15) is 14.9 Å². The fourth-order valence-corrected chi connectivity index (χ4v) is 2.44. The smallest absolute Gasteiger partial charge is 0.308 e. The van der Waals surface area contributed by atoms with Crippen LogP contribution in [0.1, 0.15) is 12.5 Å². The van der Waals surface area contributed by atoms with Gasteiger partial charge < -0.3 is 4.74 Å². The first-order chi connectivity index (χ1) is 7.90. The zero-order valence-electron chi connectivity index (χ0n) is 8.65. The van der Waals surface area contributed by atoms with Gasteiger partial charge in [-0.2, -0.15) is 0 Å². The number of hydrogen-bond donors (Lipinski definition) is 0. The van der Waals surface area contributed by atoms with Gasteiger partial charge in [-0.1, -0.05) is 15.9 Å². The minimum atomic E-state index is -0.591. The Morgan fingerprint density at radius 2 is 2.12 bits per heavy atom. The molecule has 0 aliphatic rings. The van der Waals surface area contributed by atoms with Gasteiger partial charge in [0.2, 0.25) is 6.20 Å². The molecule has 90 valence electrons. The number of nitrogens with zero attached hydrogens (tertiary/aromatic N) is 1. The SMILES string of the molecule is CC(=O)Oc1c(Br)cc(Br)cc1C=C[N+](=O)[O-]. The fraction of sp³-hybridized carbons (Fsp3) is 0.100. The summed E-state index contributed by atoms with van der Waals surface area (Å²) in [6.07, 6.45) is 2.04. The molecule has 0 atom stereocenters. The average molecular weight is 365 g/mol. The van der Waals surface area contributed by atoms with Gasteiger partial charge in [0.05, 0.1) is 9.40 Å². The van der Waals surface area contributed by atoms with Crippen LogP contribution >= 0.6 is 31.9 Å². The molecule has 0 unspecified atom stereocenters. The molecule has 0 amide bonds. The van der Waals surface area contributed by atoms with Gasteiger partial charge in [-0.05, 0) is 28.1 Å². The lowest BCUT2D eigenvalue weighted by atomic mass is 10.2. The van der Waals surface area contributed by atoms with Crippen LogP contribution in [0.2, 0.25) is 0 Å². The molecule has 1 aromatic carbocycles. The van der Waals surface area contributed by atoms with Crippen LogP contribution in [0.5, 0.6) is 5.75 Å². The summed E-state index contributed by atoms with van der Waals surface area (Å²) in [6.45, 7) is 1.26. The fourth-order valence-electron chi connectivity index (χ4n) is 1.10. The largest absolute Gasteiger partial charge is 0.425 e. The molecule has 5 nitrogen and oxygen atoms in total. The highest BCUT2D eigenvalue weighted by Crippen LogP contribution is 2.33. The number of benzene rings is 1. The predicted molar refractivity (Wildman–Crippen MR) is 69.2 cm³/mol. The molecule has 17 heavy (non-hydrogen) atoms. The highest BCUT2D eigenvalue weighted by atomic mass is 79.9. The maximum atomic E-state index is 10.9. The monoisotopic (exact) mass is 363 g/mol. The minimum Gasteiger partial charge on any atom is -0.425 e. The maximum absolute atomic E-state index is 10.9. The Labute approximate surface area is 114 Å². The zero-order chi connectivity index (χ0) is 13.0. The Morgan fingerprint density at radius 1 is 1.47 bits per heavy atom. The van der Waals surface area contributed by atoms with Crippen LogP contribution in [-0.4, -0.2) is 10.9 Å². The first kappa shape index (κ1) is 13.9. The third-order valence-electron chi connectivity index (χ3n) is 1.66. The summed E-state index contributed by atoms with van der Waals surface area (Å²) in [5.74, 6) is -0.248. The third-order valence-corrected chi connectivity index (χ3v) is 2.71. The molecular formula is C10H7Br2NO4. The van der Waals surface area contributed by atoms with Crippen molar-refractivity contribution in [2.24, 2.45) is 0 Å². The second-order valence-corrected chi connectivity index (χ2v) is 4.77. The van der Waals surface area contributed by atoms with Gasteiger partial charge >= 0.3 is 5.97 Å². The minimum absolute atomic E-state index is 0.249. The molecule has 0 aromatic heterocycles. The van der Waals surface area contributed by atoms with Gasteiger partial charge in [-0.25, -0.2) is 0 Å². The van der Waals surface area contributed by atoms with E-state index in [1.54, 1.807) is 12.1 Å². The van der Waals surface area contributed by atoms with Crippen molar-refractivity contribution in [2.45, 2.75) is 6.92 Å². The molecule has 7 heteroatoms. The molecule has 0 saturated carbocycles. The molecule has 0 N–H and O–H groups in total. The second kappa shape index (κ2) is 5.92. The summed E-state index contributed by atoms with van der Waals surface area (Å²) in [4.78, 5) is 20.6. The van der Waals surface area contributed by atoms with Gasteiger partial charge in [0.15, 0.2) is 5.75 Å². The van der Waals surface area contributed by atoms with Crippen LogP contribution < -0.4 is 4.74 Å². The molecule has 0 saturated heterocycles. The summed E-state index contributed by atoms with van der Waals surface area (Å²) in [6, 6.07) is 3.30. The Bertz CT molecular complexity index is 499. The summed E-state index contributed by atoms with van der Waals surface area (Å²) in [5, 5.41) is 10.3. The number of rotatable bonds is 3. The van der Waals surface area contributed by atoms with E-state index in [1.807, 2.05) is 0 Å². The number of carbonyl (C=O) groups excluding carboxylic acids is 1. The Hall–Kier alpha value is -1.21. The van der Waals surface area contributed by atoms with Gasteiger partial charge in [0, 0.05) is 23.0 Å². The lowest BCUT2D eigenvalue weighted by molar-refractivity contribution is -0.400. The third kappa shape index (κ3) is 4.27. The quantitative estimate of drug-likeness (QED) is 0.357. The van der Waals surface area contributed by atoms with Crippen LogP contribution in [0.3, 0.4) is 0 Å². The van der Waals surface area contributed by atoms with Crippen molar-refractivity contribution in [1.82, 2.24) is 0 Å². The molecule has 0 heterocycles. The topological polar surface area (TPSA) is 69.4 Å². The summed E-state index contributed by atoms with van der Waals surface area (Å²) < 4.78 is 6.23. The molecule has 0 aliphatic heterocycles. The van der Waals surface area contributed by atoms with Gasteiger partial charge in [0.25, 0.3) is 0 Å². The maximum Gasteiger partial charge on any atom is 0.308 e. The first-order valence-corrected chi connectivity index (χ1v) is 5.98. The van der Waals surface area contributed by atoms with Gasteiger partial charge in [-0.3, -0.25) is 14.9 Å². The molecule has 0 fully saturated rings. The highest BCUT2D eigenvalue weighted by Gasteiger charge is 2.11. The van der Waals surface area contributed by atoms with E-state index in [4.69, 9.17) is 4.74 Å². The van der Waals surface area contributed by atoms with E-state index in [0.29, 0.717) is 14.5 Å². The molecular weight excluding hydrogens is 358 g/mol. The molecule has 0 spiro atoms. The van der Waals surface area contributed by atoms with Crippen molar-refractivity contribution in [3.63, 3.8) is 0 Å². The number of nitro groups is 1. The van der Waals surface area contributed by atoms with Crippen LogP contribution in [0, 0.1) is 10.1 Å². The Morgan fingerprint density at radius 3 is 2.65 bits per heavy atom. The van der Waals surface area contributed by atoms with E-state index in [2.05, 4.69) is 31.9 Å². The number of esters is 1. The molecule has 1 aromatic rings. The number of ether oxygens (including phenoxy) is 1. The predicted octanol–water partition coefficient (Wildman–Crippen LogP) is 3.38. The Kier molecular flexibility index (Phi) is 4.83. The van der Waals surface area contributed by atoms with Crippen LogP contribution in [-0.2, 0) is 4.79 Å². The van der Waals surface area contributed by atoms with Crippen molar-refractivity contribution in [3.8, 4) is 5.75 Å². The first-order valence-electron chi connectivity index (χ1n) is 4.39. The second-order valence-electron chi connectivity index (χ2n) is 3.00. The molecule has 1 rings (SSSR count). The van der Waals surface area contributed by atoms with E-state index >= 15 is 0 Å². The summed E-state index contributed by atoms with van der Waals surface area (Å²) >= 11 is 6.47. The van der Waals surface area contributed by atoms with E-state index < -0.39 is 10.9 Å². The summed E-state index contributed by atoms with van der Waals surface area (Å²) in [5.41, 5.74) is 0.429. The van der Waals surface area contributed by atoms with E-state index in [1.165, 1.54) is 13.0 Å². The molecule has 0 radical (unpaired) electrons. The van der Waals surface area contributed by atoms with Crippen LogP contribution in [0.15, 0.2) is 27.3 Å². The highest BCUT2D eigenvalue weighted by molar-refractivity contribution is 9.11.